The predicted octanol–water partition coefficient (Wildman–Crippen LogP) is 16.3. The van der Waals surface area contributed by atoms with E-state index in [-0.39, 0.29) is 25.7 Å². The Morgan fingerprint density at radius 3 is 0.796 bits per heavy atom. The van der Waals surface area contributed by atoms with E-state index in [0.717, 1.165) is 64.2 Å². The molecule has 2 unspecified atom stereocenters. The van der Waals surface area contributed by atoms with Gasteiger partial charge < -0.3 is 0 Å². The largest absolute Gasteiger partial charge is 0.448 e. The van der Waals surface area contributed by atoms with Crippen LogP contribution < -0.4 is 0 Å². The Morgan fingerprint density at radius 1 is 0.327 bits per heavy atom. The van der Waals surface area contributed by atoms with Crippen LogP contribution in [0.2, 0.25) is 0 Å². The second-order valence-electron chi connectivity index (χ2n) is 13.9. The average Bonchev–Trinajstić information content (AvgIpc) is 3.03. The molecule has 0 N–H and O–H groups in total. The lowest BCUT2D eigenvalue weighted by Gasteiger charge is -2.36. The van der Waals surface area contributed by atoms with Crippen LogP contribution in [0.15, 0.2) is 24.3 Å². The molecule has 0 spiro atoms. The van der Waals surface area contributed by atoms with Gasteiger partial charge in [0, 0.05) is 12.8 Å². The van der Waals surface area contributed by atoms with Crippen molar-refractivity contribution in [2.24, 2.45) is 0 Å². The van der Waals surface area contributed by atoms with Crippen molar-refractivity contribution in [2.75, 3.05) is 0 Å². The van der Waals surface area contributed by atoms with Crippen molar-refractivity contribution in [3.8, 4) is 0 Å². The van der Waals surface area contributed by atoms with E-state index >= 15 is 8.78 Å². The minimum atomic E-state index is -5.79. The van der Waals surface area contributed by atoms with Gasteiger partial charge in [0.2, 0.25) is 0 Å². The molecular weight excluding hydrogens is 648 g/mol. The van der Waals surface area contributed by atoms with Gasteiger partial charge in [-0.05, 0) is 64.2 Å². The fourth-order valence-corrected chi connectivity index (χ4v) is 5.96. The molecule has 0 aliphatic rings. The van der Waals surface area contributed by atoms with Gasteiger partial charge in [-0.1, -0.05) is 154 Å². The number of rotatable bonds is 34. The predicted molar refractivity (Wildman–Crippen MR) is 189 cm³/mol. The highest BCUT2D eigenvalue weighted by molar-refractivity contribution is 4.87. The van der Waals surface area contributed by atoms with Crippen LogP contribution in [0.5, 0.6) is 0 Å². The molecule has 0 radical (unpaired) electrons. The van der Waals surface area contributed by atoms with Crippen molar-refractivity contribution in [3.63, 3.8) is 0 Å². The van der Waals surface area contributed by atoms with Crippen LogP contribution in [0.1, 0.15) is 206 Å². The van der Waals surface area contributed by atoms with E-state index in [1.807, 2.05) is 0 Å². The van der Waals surface area contributed by atoms with Gasteiger partial charge in [0.1, 0.15) is 0 Å². The Morgan fingerprint density at radius 2 is 0.551 bits per heavy atom. The molecule has 49 heavy (non-hydrogen) atoms. The molecule has 0 fully saturated rings. The summed E-state index contributed by atoms with van der Waals surface area (Å²) in [5, 5.41) is 0. The van der Waals surface area contributed by atoms with Crippen molar-refractivity contribution in [1.82, 2.24) is 0 Å². The van der Waals surface area contributed by atoms with Crippen molar-refractivity contribution in [1.29, 1.82) is 0 Å². The van der Waals surface area contributed by atoms with Gasteiger partial charge in [0.15, 0.2) is 0 Å². The fourth-order valence-electron chi connectivity index (χ4n) is 5.96. The van der Waals surface area contributed by atoms with Crippen LogP contribution in [0.25, 0.3) is 0 Å². The molecule has 0 aromatic carbocycles. The molecule has 9 heteroatoms. The minimum Gasteiger partial charge on any atom is -0.294 e. The van der Waals surface area contributed by atoms with E-state index in [4.69, 9.17) is 0 Å². The van der Waals surface area contributed by atoms with Gasteiger partial charge in [0.25, 0.3) is 0 Å². The maximum Gasteiger partial charge on any atom is 0.448 e. The summed E-state index contributed by atoms with van der Waals surface area (Å²) in [6.07, 6.45) is 19.0. The standard InChI is InChI=1S/C40H70F8O/c1-3-5-7-9-11-13-15-17-19-21-23-25-27-29-31-33-35-37(41,39(43,44)45)49-38(42,40(46,47)48)36-34-32-30-28-26-24-22-20-18-16-14-12-10-8-6-4-2/h17-20H,3-16,21-36H2,1-2H3/b19-17-,20-18-. The lowest BCUT2D eigenvalue weighted by Crippen LogP contribution is -2.54. The second-order valence-corrected chi connectivity index (χ2v) is 13.9. The third-order valence-corrected chi connectivity index (χ3v) is 9.19. The highest BCUT2D eigenvalue weighted by Gasteiger charge is 2.67. The van der Waals surface area contributed by atoms with E-state index in [1.165, 1.54) is 77.0 Å². The average molecular weight is 719 g/mol. The fraction of sp³-hybridized carbons (Fsp3) is 0.900. The molecule has 0 saturated carbocycles. The SMILES string of the molecule is CCCCCCCC/C=C\CCCCCCCCC(F)(OC(F)(CCCCCCCC/C=C\CCCCCCCC)C(F)(F)F)C(F)(F)F. The number of halogens is 8. The first-order valence-corrected chi connectivity index (χ1v) is 19.8. The zero-order valence-electron chi connectivity index (χ0n) is 31.0. The highest BCUT2D eigenvalue weighted by Crippen LogP contribution is 2.48. The zero-order chi connectivity index (χ0) is 36.7. The van der Waals surface area contributed by atoms with E-state index < -0.39 is 36.9 Å². The number of hydrogen-bond acceptors (Lipinski definition) is 1. The molecule has 0 heterocycles. The molecule has 2 atom stereocenters. The monoisotopic (exact) mass is 719 g/mol. The summed E-state index contributed by atoms with van der Waals surface area (Å²) in [6, 6.07) is 0. The maximum absolute atomic E-state index is 15.0. The maximum atomic E-state index is 15.0. The van der Waals surface area contributed by atoms with Crippen molar-refractivity contribution in [3.05, 3.63) is 24.3 Å². The van der Waals surface area contributed by atoms with Crippen LogP contribution in [0.4, 0.5) is 35.1 Å². The molecule has 0 aliphatic carbocycles. The normalized spacial score (nSPS) is 15.4. The summed E-state index contributed by atoms with van der Waals surface area (Å²) in [5.74, 6) is -9.42. The molecule has 292 valence electrons. The zero-order valence-corrected chi connectivity index (χ0v) is 31.0. The van der Waals surface area contributed by atoms with Gasteiger partial charge in [-0.3, -0.25) is 4.74 Å². The lowest BCUT2D eigenvalue weighted by atomic mass is 10.0. The molecule has 0 aliphatic heterocycles. The summed E-state index contributed by atoms with van der Waals surface area (Å²) < 4.78 is 115. The molecule has 0 bridgehead atoms. The van der Waals surface area contributed by atoms with Crippen molar-refractivity contribution < 1.29 is 39.9 Å². The van der Waals surface area contributed by atoms with Crippen LogP contribution in [-0.4, -0.2) is 24.1 Å². The van der Waals surface area contributed by atoms with Crippen LogP contribution >= 0.6 is 0 Å². The number of unbranched alkanes of at least 4 members (excludes halogenated alkanes) is 24. The first-order chi connectivity index (χ1) is 23.3. The Bertz CT molecular complexity index is 730. The van der Waals surface area contributed by atoms with E-state index in [0.29, 0.717) is 12.8 Å². The number of allylic oxidation sites excluding steroid dienone is 4. The number of alkyl halides is 8. The van der Waals surface area contributed by atoms with Crippen LogP contribution in [0.3, 0.4) is 0 Å². The quantitative estimate of drug-likeness (QED) is 0.0366. The van der Waals surface area contributed by atoms with Gasteiger partial charge in [-0.2, -0.15) is 26.3 Å². The molecule has 0 aromatic rings. The van der Waals surface area contributed by atoms with E-state index in [9.17, 15) is 26.3 Å². The third kappa shape index (κ3) is 25.5. The van der Waals surface area contributed by atoms with Gasteiger partial charge >= 0.3 is 24.1 Å². The molecule has 0 amide bonds. The van der Waals surface area contributed by atoms with Gasteiger partial charge in [-0.15, -0.1) is 0 Å². The van der Waals surface area contributed by atoms with Crippen molar-refractivity contribution >= 4 is 0 Å². The van der Waals surface area contributed by atoms with Gasteiger partial charge in [-0.25, -0.2) is 8.78 Å². The Hall–Kier alpha value is -1.12. The minimum absolute atomic E-state index is 0.194. The molecule has 1 nitrogen and oxygen atoms in total. The summed E-state index contributed by atoms with van der Waals surface area (Å²) in [5.41, 5.74) is 0. The lowest BCUT2D eigenvalue weighted by molar-refractivity contribution is -0.436. The first-order valence-electron chi connectivity index (χ1n) is 19.8. The Balaban J connectivity index is 4.35. The summed E-state index contributed by atoms with van der Waals surface area (Å²) in [6.45, 7) is 4.39. The number of ether oxygens (including phenoxy) is 1. The molecule has 0 rings (SSSR count). The van der Waals surface area contributed by atoms with E-state index in [1.54, 1.807) is 0 Å². The number of hydrogen-bond donors (Lipinski definition) is 0. The topological polar surface area (TPSA) is 9.23 Å². The van der Waals surface area contributed by atoms with Gasteiger partial charge in [0.05, 0.1) is 0 Å². The highest BCUT2D eigenvalue weighted by atomic mass is 19.4. The van der Waals surface area contributed by atoms with E-state index in [2.05, 4.69) is 42.9 Å². The molecule has 0 aromatic heterocycles. The van der Waals surface area contributed by atoms with Crippen LogP contribution in [-0.2, 0) is 4.74 Å². The Labute approximate surface area is 294 Å². The smallest absolute Gasteiger partial charge is 0.294 e. The molecular formula is C40H70F8O. The summed E-state index contributed by atoms with van der Waals surface area (Å²) in [4.78, 5) is 0. The first kappa shape index (κ1) is 47.9. The second kappa shape index (κ2) is 29.5. The van der Waals surface area contributed by atoms with Crippen LogP contribution in [0, 0.1) is 0 Å². The summed E-state index contributed by atoms with van der Waals surface area (Å²) in [7, 11) is 0. The molecule has 0 saturated heterocycles. The third-order valence-electron chi connectivity index (χ3n) is 9.19. The Kier molecular flexibility index (Phi) is 28.8. The van der Waals surface area contributed by atoms with Crippen molar-refractivity contribution in [2.45, 2.75) is 231 Å². The summed E-state index contributed by atoms with van der Waals surface area (Å²) >= 11 is 0.